The molecule has 1 aromatic rings. The Hall–Kier alpha value is -2.15. The van der Waals surface area contributed by atoms with Gasteiger partial charge >= 0.3 is 5.97 Å². The lowest BCUT2D eigenvalue weighted by Crippen LogP contribution is -2.34. The van der Waals surface area contributed by atoms with Gasteiger partial charge in [0.2, 0.25) is 6.41 Å². The van der Waals surface area contributed by atoms with E-state index in [-0.39, 0.29) is 5.97 Å². The zero-order valence-electron chi connectivity index (χ0n) is 16.6. The number of nitrogens with zero attached hydrogens (tertiary/aromatic N) is 3. The molecule has 0 radical (unpaired) electrons. The van der Waals surface area contributed by atoms with Crippen LogP contribution in [0, 0.1) is 0 Å². The molecule has 27 heavy (non-hydrogen) atoms. The molecule has 150 valence electrons. The molecule has 0 saturated heterocycles. The van der Waals surface area contributed by atoms with Gasteiger partial charge in [-0.05, 0) is 51.3 Å². The number of pyridine rings is 1. The first-order chi connectivity index (χ1) is 13.1. The molecule has 1 amide bonds. The van der Waals surface area contributed by atoms with Crippen LogP contribution in [0.4, 0.5) is 5.82 Å². The summed E-state index contributed by atoms with van der Waals surface area (Å²) >= 11 is 0. The molecule has 1 N–H and O–H groups in total. The maximum atomic E-state index is 11.4. The molecule has 7 nitrogen and oxygen atoms in total. The second-order valence-electron chi connectivity index (χ2n) is 6.94. The van der Waals surface area contributed by atoms with Gasteiger partial charge in [0.15, 0.2) is 0 Å². The summed E-state index contributed by atoms with van der Waals surface area (Å²) in [5, 5.41) is 3.36. The summed E-state index contributed by atoms with van der Waals surface area (Å²) in [5.41, 5.74) is 2.37. The molecule has 1 aliphatic rings. The first-order valence-corrected chi connectivity index (χ1v) is 9.88. The van der Waals surface area contributed by atoms with Gasteiger partial charge in [-0.1, -0.05) is 6.07 Å². The van der Waals surface area contributed by atoms with Crippen molar-refractivity contribution < 1.29 is 14.3 Å². The standard InChI is InChI=1S/C20H32N4O3/c1-3-27-19(26)10-13-23(2)14-15-24(16-25)12-5-7-18-9-8-17-6-4-11-21-20(17)22-18/h8-9,16H,3-7,10-15H2,1-2H3,(H,21,22). The Kier molecular flexibility index (Phi) is 9.04. The van der Waals surface area contributed by atoms with Crippen molar-refractivity contribution in [2.24, 2.45) is 0 Å². The lowest BCUT2D eigenvalue weighted by Gasteiger charge is -2.22. The van der Waals surface area contributed by atoms with Gasteiger partial charge in [0.1, 0.15) is 5.82 Å². The van der Waals surface area contributed by atoms with Gasteiger partial charge in [0, 0.05) is 38.4 Å². The zero-order chi connectivity index (χ0) is 19.5. The molecule has 0 fully saturated rings. The molecule has 0 bridgehead atoms. The average molecular weight is 377 g/mol. The number of hydrogen-bond donors (Lipinski definition) is 1. The van der Waals surface area contributed by atoms with Crippen molar-refractivity contribution in [1.29, 1.82) is 0 Å². The van der Waals surface area contributed by atoms with E-state index in [4.69, 9.17) is 9.72 Å². The largest absolute Gasteiger partial charge is 0.466 e. The number of esters is 1. The van der Waals surface area contributed by atoms with E-state index in [0.29, 0.717) is 32.7 Å². The third-order valence-corrected chi connectivity index (χ3v) is 4.75. The molecule has 1 aromatic heterocycles. The van der Waals surface area contributed by atoms with Gasteiger partial charge in [0.05, 0.1) is 13.0 Å². The fourth-order valence-corrected chi connectivity index (χ4v) is 3.11. The number of fused-ring (bicyclic) bond motifs is 1. The molecule has 1 aliphatic heterocycles. The normalized spacial score (nSPS) is 13.0. The number of anilines is 1. The smallest absolute Gasteiger partial charge is 0.307 e. The summed E-state index contributed by atoms with van der Waals surface area (Å²) in [6, 6.07) is 4.26. The third-order valence-electron chi connectivity index (χ3n) is 4.75. The predicted octanol–water partition coefficient (Wildman–Crippen LogP) is 1.72. The van der Waals surface area contributed by atoms with Crippen LogP contribution in [0.15, 0.2) is 12.1 Å². The fraction of sp³-hybridized carbons (Fsp3) is 0.650. The molecule has 0 aromatic carbocycles. The number of likely N-dealkylation sites (N-methyl/N-ethyl adjacent to an activating group) is 1. The van der Waals surface area contributed by atoms with E-state index >= 15 is 0 Å². The minimum Gasteiger partial charge on any atom is -0.466 e. The Morgan fingerprint density at radius 1 is 1.30 bits per heavy atom. The van der Waals surface area contributed by atoms with E-state index in [0.717, 1.165) is 56.7 Å². The van der Waals surface area contributed by atoms with Crippen molar-refractivity contribution in [3.8, 4) is 0 Å². The molecule has 0 saturated carbocycles. The van der Waals surface area contributed by atoms with Crippen molar-refractivity contribution in [2.75, 3.05) is 51.7 Å². The molecule has 2 rings (SSSR count). The Labute approximate surface area is 162 Å². The molecule has 2 heterocycles. The monoisotopic (exact) mass is 376 g/mol. The number of ether oxygens (including phenoxy) is 1. The number of rotatable bonds is 12. The molecule has 0 aliphatic carbocycles. The number of aromatic nitrogens is 1. The predicted molar refractivity (Wildman–Crippen MR) is 106 cm³/mol. The van der Waals surface area contributed by atoms with Crippen LogP contribution in [0.5, 0.6) is 0 Å². The van der Waals surface area contributed by atoms with E-state index in [1.807, 2.05) is 11.9 Å². The second kappa shape index (κ2) is 11.5. The lowest BCUT2D eigenvalue weighted by molar-refractivity contribution is -0.143. The number of aryl methyl sites for hydroxylation is 2. The van der Waals surface area contributed by atoms with Crippen LogP contribution in [-0.2, 0) is 27.2 Å². The van der Waals surface area contributed by atoms with Crippen LogP contribution >= 0.6 is 0 Å². The van der Waals surface area contributed by atoms with Gasteiger partial charge in [-0.3, -0.25) is 9.59 Å². The van der Waals surface area contributed by atoms with Crippen LogP contribution in [0.1, 0.15) is 37.4 Å². The van der Waals surface area contributed by atoms with E-state index in [9.17, 15) is 9.59 Å². The quantitative estimate of drug-likeness (QED) is 0.442. The minimum atomic E-state index is -0.177. The van der Waals surface area contributed by atoms with Crippen LogP contribution in [0.3, 0.4) is 0 Å². The molecule has 0 unspecified atom stereocenters. The Morgan fingerprint density at radius 3 is 2.93 bits per heavy atom. The minimum absolute atomic E-state index is 0.177. The number of carbonyl (C=O) groups excluding carboxylic acids is 2. The van der Waals surface area contributed by atoms with Gasteiger partial charge in [-0.15, -0.1) is 0 Å². The first kappa shape index (κ1) is 21.2. The Balaban J connectivity index is 1.66. The van der Waals surface area contributed by atoms with Crippen molar-refractivity contribution in [1.82, 2.24) is 14.8 Å². The summed E-state index contributed by atoms with van der Waals surface area (Å²) in [6.07, 6.45) is 5.29. The Bertz CT molecular complexity index is 609. The SMILES string of the molecule is CCOC(=O)CCN(C)CCN(C=O)CCCc1ccc2c(n1)NCCC2. The Morgan fingerprint density at radius 2 is 2.15 bits per heavy atom. The van der Waals surface area contributed by atoms with Gasteiger partial charge in [-0.2, -0.15) is 0 Å². The van der Waals surface area contributed by atoms with Gasteiger partial charge < -0.3 is 19.9 Å². The van der Waals surface area contributed by atoms with Crippen molar-refractivity contribution in [2.45, 2.75) is 39.0 Å². The third kappa shape index (κ3) is 7.54. The molecule has 0 atom stereocenters. The van der Waals surface area contributed by atoms with Crippen molar-refractivity contribution in [3.05, 3.63) is 23.4 Å². The first-order valence-electron chi connectivity index (χ1n) is 9.88. The number of amides is 1. The molecular formula is C20H32N4O3. The highest BCUT2D eigenvalue weighted by molar-refractivity contribution is 5.69. The van der Waals surface area contributed by atoms with Crippen LogP contribution in [0.2, 0.25) is 0 Å². The maximum absolute atomic E-state index is 11.4. The highest BCUT2D eigenvalue weighted by Crippen LogP contribution is 2.20. The second-order valence-corrected chi connectivity index (χ2v) is 6.94. The number of nitrogens with one attached hydrogen (secondary N) is 1. The molecular weight excluding hydrogens is 344 g/mol. The summed E-state index contributed by atoms with van der Waals surface area (Å²) in [5.74, 6) is 0.845. The fourth-order valence-electron chi connectivity index (χ4n) is 3.11. The van der Waals surface area contributed by atoms with E-state index in [1.165, 1.54) is 5.56 Å². The number of hydrogen-bond acceptors (Lipinski definition) is 6. The topological polar surface area (TPSA) is 74.8 Å². The molecule has 7 heteroatoms. The highest BCUT2D eigenvalue weighted by Gasteiger charge is 2.11. The van der Waals surface area contributed by atoms with Gasteiger partial charge in [-0.25, -0.2) is 4.98 Å². The zero-order valence-corrected chi connectivity index (χ0v) is 16.6. The van der Waals surface area contributed by atoms with E-state index in [1.54, 1.807) is 11.8 Å². The van der Waals surface area contributed by atoms with Crippen LogP contribution < -0.4 is 5.32 Å². The summed E-state index contributed by atoms with van der Waals surface area (Å²) in [4.78, 5) is 31.2. The van der Waals surface area contributed by atoms with E-state index < -0.39 is 0 Å². The summed E-state index contributed by atoms with van der Waals surface area (Å²) in [6.45, 7) is 5.95. The number of carbonyl (C=O) groups is 2. The highest BCUT2D eigenvalue weighted by atomic mass is 16.5. The van der Waals surface area contributed by atoms with Crippen LogP contribution in [-0.4, -0.2) is 73.5 Å². The summed E-state index contributed by atoms with van der Waals surface area (Å²) < 4.78 is 4.93. The van der Waals surface area contributed by atoms with E-state index in [2.05, 4.69) is 17.4 Å². The van der Waals surface area contributed by atoms with Gasteiger partial charge in [0.25, 0.3) is 0 Å². The maximum Gasteiger partial charge on any atom is 0.307 e. The average Bonchev–Trinajstić information content (AvgIpc) is 2.69. The summed E-state index contributed by atoms with van der Waals surface area (Å²) in [7, 11) is 1.95. The lowest BCUT2D eigenvalue weighted by atomic mass is 10.1. The van der Waals surface area contributed by atoms with Crippen LogP contribution in [0.25, 0.3) is 0 Å². The van der Waals surface area contributed by atoms with Crippen molar-refractivity contribution in [3.63, 3.8) is 0 Å². The van der Waals surface area contributed by atoms with Crippen molar-refractivity contribution >= 4 is 18.2 Å². The molecule has 0 spiro atoms.